The fourth-order valence-electron chi connectivity index (χ4n) is 3.11. The van der Waals surface area contributed by atoms with Crippen molar-refractivity contribution >= 4 is 15.9 Å². The average molecular weight is 367 g/mol. The predicted octanol–water partition coefficient (Wildman–Crippen LogP) is 0.404. The molecule has 1 aromatic carbocycles. The Hall–Kier alpha value is -1.48. The highest BCUT2D eigenvalue weighted by Crippen LogP contribution is 2.22. The van der Waals surface area contributed by atoms with Gasteiger partial charge in [-0.15, -0.1) is 0 Å². The summed E-state index contributed by atoms with van der Waals surface area (Å²) in [7, 11) is -1.60. The number of carbonyl (C=O) groups is 1. The third-order valence-corrected chi connectivity index (χ3v) is 6.73. The van der Waals surface area contributed by atoms with Gasteiger partial charge in [0.25, 0.3) is 5.91 Å². The molecule has 0 N–H and O–H groups in total. The Bertz CT molecular complexity index is 736. The van der Waals surface area contributed by atoms with Gasteiger partial charge in [0, 0.05) is 44.8 Å². The largest absolute Gasteiger partial charge is 0.378 e. The Labute approximate surface area is 149 Å². The Kier molecular flexibility index (Phi) is 5.43. The van der Waals surface area contributed by atoms with Crippen molar-refractivity contribution in [2.24, 2.45) is 0 Å². The van der Waals surface area contributed by atoms with Gasteiger partial charge in [-0.2, -0.15) is 4.31 Å². The number of amides is 1. The molecule has 1 amide bonds. The number of morpholine rings is 1. The topological polar surface area (TPSA) is 70.2 Å². The molecule has 7 nitrogen and oxygen atoms in total. The summed E-state index contributed by atoms with van der Waals surface area (Å²) in [5.74, 6) is -0.128. The molecule has 0 aromatic heterocycles. The van der Waals surface area contributed by atoms with Crippen molar-refractivity contribution in [3.8, 4) is 0 Å². The number of rotatable bonds is 3. The summed E-state index contributed by atoms with van der Waals surface area (Å²) in [6.45, 7) is 6.31. The first-order valence-corrected chi connectivity index (χ1v) is 10.00. The lowest BCUT2D eigenvalue weighted by atomic mass is 10.1. The van der Waals surface area contributed by atoms with E-state index in [2.05, 4.69) is 4.90 Å². The summed E-state index contributed by atoms with van der Waals surface area (Å²) < 4.78 is 32.6. The first-order valence-electron chi connectivity index (χ1n) is 8.56. The Morgan fingerprint density at radius 2 is 1.68 bits per heavy atom. The minimum absolute atomic E-state index is 0.128. The second kappa shape index (κ2) is 7.41. The van der Waals surface area contributed by atoms with E-state index in [9.17, 15) is 13.2 Å². The molecule has 2 aliphatic rings. The maximum atomic E-state index is 12.9. The van der Waals surface area contributed by atoms with Gasteiger partial charge in [0.05, 0.1) is 18.1 Å². The summed E-state index contributed by atoms with van der Waals surface area (Å²) in [6.07, 6.45) is 0. The lowest BCUT2D eigenvalue weighted by molar-refractivity contribution is 0.0302. The van der Waals surface area contributed by atoms with Crippen LogP contribution in [0, 0.1) is 6.92 Å². The van der Waals surface area contributed by atoms with Crippen LogP contribution in [0.5, 0.6) is 0 Å². The number of hydrogen-bond acceptors (Lipinski definition) is 5. The molecule has 0 radical (unpaired) electrons. The van der Waals surface area contributed by atoms with E-state index in [1.807, 2.05) is 14.0 Å². The van der Waals surface area contributed by atoms with Gasteiger partial charge in [-0.25, -0.2) is 8.42 Å². The lowest BCUT2D eigenvalue weighted by Crippen LogP contribution is -2.47. The zero-order valence-corrected chi connectivity index (χ0v) is 15.6. The summed E-state index contributed by atoms with van der Waals surface area (Å²) in [5.41, 5.74) is 1.24. The Morgan fingerprint density at radius 1 is 1.04 bits per heavy atom. The maximum absolute atomic E-state index is 12.9. The first-order chi connectivity index (χ1) is 11.9. The van der Waals surface area contributed by atoms with Crippen LogP contribution in [-0.4, -0.2) is 88.0 Å². The lowest BCUT2D eigenvalue weighted by Gasteiger charge is -2.32. The monoisotopic (exact) mass is 367 g/mol. The van der Waals surface area contributed by atoms with Gasteiger partial charge in [-0.05, 0) is 31.7 Å². The molecule has 0 atom stereocenters. The molecule has 1 aromatic rings. The second-order valence-corrected chi connectivity index (χ2v) is 8.53. The fourth-order valence-corrected chi connectivity index (χ4v) is 4.56. The van der Waals surface area contributed by atoms with Crippen molar-refractivity contribution in [1.29, 1.82) is 0 Å². The SMILES string of the molecule is Cc1ccc(S(=O)(=O)N2CCN(C)CC2)cc1C(=O)N1CCOCC1. The minimum Gasteiger partial charge on any atom is -0.378 e. The van der Waals surface area contributed by atoms with Crippen LogP contribution in [0.1, 0.15) is 15.9 Å². The van der Waals surface area contributed by atoms with E-state index in [0.717, 1.165) is 5.56 Å². The minimum atomic E-state index is -3.58. The molecule has 8 heteroatoms. The van der Waals surface area contributed by atoms with Gasteiger partial charge in [-0.3, -0.25) is 4.79 Å². The van der Waals surface area contributed by atoms with Crippen molar-refractivity contribution in [1.82, 2.24) is 14.1 Å². The van der Waals surface area contributed by atoms with E-state index < -0.39 is 10.0 Å². The van der Waals surface area contributed by atoms with Crippen LogP contribution in [0.15, 0.2) is 23.1 Å². The summed E-state index contributed by atoms with van der Waals surface area (Å²) in [6, 6.07) is 4.84. The molecule has 25 heavy (non-hydrogen) atoms. The first kappa shape index (κ1) is 18.3. The third-order valence-electron chi connectivity index (χ3n) is 4.84. The molecule has 0 unspecified atom stereocenters. The molecule has 3 rings (SSSR count). The molecule has 0 bridgehead atoms. The van der Waals surface area contributed by atoms with Crippen LogP contribution in [0.2, 0.25) is 0 Å². The maximum Gasteiger partial charge on any atom is 0.254 e. The number of carbonyl (C=O) groups excluding carboxylic acids is 1. The molecular weight excluding hydrogens is 342 g/mol. The Morgan fingerprint density at radius 3 is 2.32 bits per heavy atom. The van der Waals surface area contributed by atoms with E-state index in [4.69, 9.17) is 4.74 Å². The smallest absolute Gasteiger partial charge is 0.254 e. The highest BCUT2D eigenvalue weighted by atomic mass is 32.2. The van der Waals surface area contributed by atoms with Gasteiger partial charge < -0.3 is 14.5 Å². The number of likely N-dealkylation sites (N-methyl/N-ethyl adjacent to an activating group) is 1. The van der Waals surface area contributed by atoms with Crippen LogP contribution in [0.25, 0.3) is 0 Å². The van der Waals surface area contributed by atoms with Crippen LogP contribution in [0.4, 0.5) is 0 Å². The number of aryl methyl sites for hydroxylation is 1. The molecule has 138 valence electrons. The van der Waals surface area contributed by atoms with E-state index >= 15 is 0 Å². The van der Waals surface area contributed by atoms with Crippen LogP contribution in [0.3, 0.4) is 0 Å². The van der Waals surface area contributed by atoms with Gasteiger partial charge in [-0.1, -0.05) is 6.07 Å². The molecular formula is C17H25N3O4S. The second-order valence-electron chi connectivity index (χ2n) is 6.59. The molecule has 0 aliphatic carbocycles. The molecule has 0 saturated carbocycles. The molecule has 2 saturated heterocycles. The van der Waals surface area contributed by atoms with Crippen molar-refractivity contribution in [3.05, 3.63) is 29.3 Å². The van der Waals surface area contributed by atoms with Gasteiger partial charge in [0.2, 0.25) is 10.0 Å². The molecule has 2 heterocycles. The number of hydrogen-bond donors (Lipinski definition) is 0. The fraction of sp³-hybridized carbons (Fsp3) is 0.588. The zero-order chi connectivity index (χ0) is 18.0. The Balaban J connectivity index is 1.86. The summed E-state index contributed by atoms with van der Waals surface area (Å²) in [5, 5.41) is 0. The van der Waals surface area contributed by atoms with E-state index in [1.165, 1.54) is 10.4 Å². The highest BCUT2D eigenvalue weighted by Gasteiger charge is 2.29. The van der Waals surface area contributed by atoms with Crippen LogP contribution in [-0.2, 0) is 14.8 Å². The van der Waals surface area contributed by atoms with Crippen molar-refractivity contribution in [2.75, 3.05) is 59.5 Å². The normalized spacial score (nSPS) is 20.6. The average Bonchev–Trinajstić information content (AvgIpc) is 2.62. The number of nitrogens with zero attached hydrogens (tertiary/aromatic N) is 3. The summed E-state index contributed by atoms with van der Waals surface area (Å²) >= 11 is 0. The quantitative estimate of drug-likeness (QED) is 0.774. The van der Waals surface area contributed by atoms with E-state index in [-0.39, 0.29) is 10.8 Å². The zero-order valence-electron chi connectivity index (χ0n) is 14.8. The van der Waals surface area contributed by atoms with Crippen molar-refractivity contribution in [2.45, 2.75) is 11.8 Å². The third kappa shape index (κ3) is 3.87. The predicted molar refractivity (Wildman–Crippen MR) is 94.2 cm³/mol. The van der Waals surface area contributed by atoms with Crippen molar-refractivity contribution in [3.63, 3.8) is 0 Å². The number of piperazine rings is 1. The van der Waals surface area contributed by atoms with Crippen molar-refractivity contribution < 1.29 is 17.9 Å². The molecule has 0 spiro atoms. The van der Waals surface area contributed by atoms with Gasteiger partial charge in [0.15, 0.2) is 0 Å². The van der Waals surface area contributed by atoms with E-state index in [1.54, 1.807) is 17.0 Å². The van der Waals surface area contributed by atoms with Crippen LogP contribution >= 0.6 is 0 Å². The number of ether oxygens (including phenoxy) is 1. The molecule has 2 fully saturated rings. The van der Waals surface area contributed by atoms with E-state index in [0.29, 0.717) is 58.0 Å². The number of benzene rings is 1. The van der Waals surface area contributed by atoms with Gasteiger partial charge >= 0.3 is 0 Å². The summed E-state index contributed by atoms with van der Waals surface area (Å²) in [4.78, 5) is 16.8. The number of sulfonamides is 1. The standard InChI is InChI=1S/C17H25N3O4S/c1-14-3-4-15(25(22,23)20-7-5-18(2)6-8-20)13-16(14)17(21)19-9-11-24-12-10-19/h3-4,13H,5-12H2,1-2H3. The molecule has 2 aliphatic heterocycles. The highest BCUT2D eigenvalue weighted by molar-refractivity contribution is 7.89. The van der Waals surface area contributed by atoms with Crippen LogP contribution < -0.4 is 0 Å². The van der Waals surface area contributed by atoms with Gasteiger partial charge in [0.1, 0.15) is 0 Å².